The van der Waals surface area contributed by atoms with Crippen molar-refractivity contribution in [3.63, 3.8) is 0 Å². The van der Waals surface area contributed by atoms with Crippen molar-refractivity contribution in [1.29, 1.82) is 0 Å². The van der Waals surface area contributed by atoms with Crippen LogP contribution in [0.15, 0.2) is 48.5 Å². The second-order valence-corrected chi connectivity index (χ2v) is 7.56. The number of nitrogens with one attached hydrogen (secondary N) is 3. The Kier molecular flexibility index (Phi) is 8.20. The van der Waals surface area contributed by atoms with Crippen LogP contribution in [0.25, 0.3) is 0 Å². The van der Waals surface area contributed by atoms with E-state index in [1.807, 2.05) is 24.3 Å². The number of hydrogen-bond donors (Lipinski definition) is 3. The molecule has 10 heteroatoms. The SMILES string of the molecule is CCOCCC1(Oc2ccc(Oc3ccc(CCNC(C)=O)cc3)cc2)C(=O)NC(=O)NC1=O. The molecule has 5 amide bonds. The van der Waals surface area contributed by atoms with Gasteiger partial charge in [-0.3, -0.25) is 25.0 Å². The van der Waals surface area contributed by atoms with Crippen molar-refractivity contribution in [2.24, 2.45) is 0 Å². The van der Waals surface area contributed by atoms with Crippen LogP contribution in [-0.4, -0.2) is 49.1 Å². The van der Waals surface area contributed by atoms with Crippen molar-refractivity contribution in [2.75, 3.05) is 19.8 Å². The molecule has 1 saturated heterocycles. The molecule has 1 fully saturated rings. The van der Waals surface area contributed by atoms with E-state index in [-0.39, 0.29) is 24.7 Å². The molecule has 0 aromatic heterocycles. The smallest absolute Gasteiger partial charge is 0.328 e. The van der Waals surface area contributed by atoms with Gasteiger partial charge in [-0.1, -0.05) is 12.1 Å². The van der Waals surface area contributed by atoms with Crippen LogP contribution in [0.5, 0.6) is 17.2 Å². The summed E-state index contributed by atoms with van der Waals surface area (Å²) in [7, 11) is 0. The zero-order valence-corrected chi connectivity index (χ0v) is 19.0. The maximum absolute atomic E-state index is 12.6. The summed E-state index contributed by atoms with van der Waals surface area (Å²) in [5.74, 6) is -0.369. The highest BCUT2D eigenvalue weighted by molar-refractivity contribution is 6.21. The molecule has 2 aromatic carbocycles. The molecule has 0 atom stereocenters. The minimum Gasteiger partial charge on any atom is -0.467 e. The minimum absolute atomic E-state index is 0.0640. The van der Waals surface area contributed by atoms with Gasteiger partial charge in [-0.2, -0.15) is 0 Å². The summed E-state index contributed by atoms with van der Waals surface area (Å²) in [6, 6.07) is 13.0. The molecule has 0 unspecified atom stereocenters. The molecular weight excluding hydrogens is 442 g/mol. The third kappa shape index (κ3) is 6.32. The van der Waals surface area contributed by atoms with E-state index in [1.54, 1.807) is 31.2 Å². The lowest BCUT2D eigenvalue weighted by atomic mass is 9.95. The van der Waals surface area contributed by atoms with E-state index in [2.05, 4.69) is 16.0 Å². The predicted molar refractivity (Wildman–Crippen MR) is 121 cm³/mol. The third-order valence-corrected chi connectivity index (χ3v) is 5.05. The second-order valence-electron chi connectivity index (χ2n) is 7.56. The van der Waals surface area contributed by atoms with Crippen molar-refractivity contribution < 1.29 is 33.4 Å². The van der Waals surface area contributed by atoms with Crippen LogP contribution in [0.2, 0.25) is 0 Å². The Balaban J connectivity index is 1.65. The topological polar surface area (TPSA) is 132 Å². The van der Waals surface area contributed by atoms with E-state index >= 15 is 0 Å². The van der Waals surface area contributed by atoms with Crippen molar-refractivity contribution >= 4 is 23.8 Å². The van der Waals surface area contributed by atoms with E-state index in [0.717, 1.165) is 5.56 Å². The van der Waals surface area contributed by atoms with Gasteiger partial charge in [0.15, 0.2) is 0 Å². The average Bonchev–Trinajstić information content (AvgIpc) is 2.79. The van der Waals surface area contributed by atoms with Gasteiger partial charge in [-0.15, -0.1) is 0 Å². The van der Waals surface area contributed by atoms with Crippen molar-refractivity contribution in [1.82, 2.24) is 16.0 Å². The number of carbonyl (C=O) groups is 4. The fraction of sp³-hybridized carbons (Fsp3) is 0.333. The van der Waals surface area contributed by atoms with E-state index < -0.39 is 23.4 Å². The van der Waals surface area contributed by atoms with Gasteiger partial charge in [-0.25, -0.2) is 4.79 Å². The number of hydrogen-bond acceptors (Lipinski definition) is 7. The predicted octanol–water partition coefficient (Wildman–Crippen LogP) is 2.07. The number of barbiturate groups is 1. The first-order valence-electron chi connectivity index (χ1n) is 10.9. The van der Waals surface area contributed by atoms with Crippen molar-refractivity contribution in [2.45, 2.75) is 32.3 Å². The van der Waals surface area contributed by atoms with Gasteiger partial charge in [0, 0.05) is 26.5 Å². The number of rotatable bonds is 11. The molecule has 1 heterocycles. The van der Waals surface area contributed by atoms with Crippen molar-refractivity contribution in [3.8, 4) is 17.2 Å². The highest BCUT2D eigenvalue weighted by Gasteiger charge is 2.52. The maximum Gasteiger partial charge on any atom is 0.328 e. The summed E-state index contributed by atoms with van der Waals surface area (Å²) in [5, 5.41) is 6.91. The quantitative estimate of drug-likeness (QED) is 0.339. The van der Waals surface area contributed by atoms with E-state index in [9.17, 15) is 19.2 Å². The standard InChI is InChI=1S/C24H27N3O7/c1-3-32-15-13-24(21(29)26-23(31)27-22(24)30)34-20-10-8-19(9-11-20)33-18-6-4-17(5-7-18)12-14-25-16(2)28/h4-11H,3,12-15H2,1-2H3,(H,25,28)(H2,26,27,29,30,31). The van der Waals surface area contributed by atoms with E-state index in [0.29, 0.717) is 31.1 Å². The Morgan fingerprint density at radius 1 is 0.912 bits per heavy atom. The number of ether oxygens (including phenoxy) is 3. The zero-order chi connectivity index (χ0) is 24.6. The molecule has 2 aromatic rings. The number of imide groups is 2. The summed E-state index contributed by atoms with van der Waals surface area (Å²) in [5.41, 5.74) is -0.872. The van der Waals surface area contributed by atoms with E-state index in [1.165, 1.54) is 6.92 Å². The van der Waals surface area contributed by atoms with Gasteiger partial charge >= 0.3 is 6.03 Å². The molecule has 0 spiro atoms. The molecule has 10 nitrogen and oxygen atoms in total. The van der Waals surface area contributed by atoms with Crippen LogP contribution in [-0.2, 0) is 25.5 Å². The summed E-state index contributed by atoms with van der Waals surface area (Å²) < 4.78 is 16.9. The van der Waals surface area contributed by atoms with Crippen LogP contribution in [0.3, 0.4) is 0 Å². The fourth-order valence-corrected chi connectivity index (χ4v) is 3.29. The number of benzene rings is 2. The summed E-state index contributed by atoms with van der Waals surface area (Å²) in [4.78, 5) is 47.5. The molecule has 1 aliphatic heterocycles. The van der Waals surface area contributed by atoms with Gasteiger partial charge in [0.2, 0.25) is 5.91 Å². The number of carbonyl (C=O) groups excluding carboxylic acids is 4. The number of urea groups is 1. The lowest BCUT2D eigenvalue weighted by Gasteiger charge is -2.34. The van der Waals surface area contributed by atoms with Gasteiger partial charge in [-0.05, 0) is 55.3 Å². The van der Waals surface area contributed by atoms with Crippen LogP contribution < -0.4 is 25.4 Å². The van der Waals surface area contributed by atoms with E-state index in [4.69, 9.17) is 14.2 Å². The van der Waals surface area contributed by atoms with Crippen LogP contribution >= 0.6 is 0 Å². The van der Waals surface area contributed by atoms with Crippen molar-refractivity contribution in [3.05, 3.63) is 54.1 Å². The zero-order valence-electron chi connectivity index (χ0n) is 19.0. The van der Waals surface area contributed by atoms with Gasteiger partial charge in [0.1, 0.15) is 17.2 Å². The highest BCUT2D eigenvalue weighted by Crippen LogP contribution is 2.28. The molecule has 3 N–H and O–H groups in total. The summed E-state index contributed by atoms with van der Waals surface area (Å²) in [6.45, 7) is 4.32. The Hall–Kier alpha value is -3.92. The molecule has 1 aliphatic rings. The average molecular weight is 469 g/mol. The minimum atomic E-state index is -1.93. The Morgan fingerprint density at radius 3 is 2.03 bits per heavy atom. The molecule has 34 heavy (non-hydrogen) atoms. The molecule has 0 radical (unpaired) electrons. The number of amides is 5. The maximum atomic E-state index is 12.6. The lowest BCUT2D eigenvalue weighted by Crippen LogP contribution is -2.69. The third-order valence-electron chi connectivity index (χ3n) is 5.05. The Labute approximate surface area is 196 Å². The summed E-state index contributed by atoms with van der Waals surface area (Å²) >= 11 is 0. The van der Waals surface area contributed by atoms with Crippen LogP contribution in [0, 0.1) is 0 Å². The van der Waals surface area contributed by atoms with Gasteiger partial charge in [0.25, 0.3) is 17.4 Å². The highest BCUT2D eigenvalue weighted by atomic mass is 16.5. The molecule has 0 aliphatic carbocycles. The van der Waals surface area contributed by atoms with Crippen LogP contribution in [0.1, 0.15) is 25.8 Å². The van der Waals surface area contributed by atoms with Gasteiger partial charge in [0.05, 0.1) is 6.61 Å². The first-order valence-corrected chi connectivity index (χ1v) is 10.9. The molecule has 0 bridgehead atoms. The second kappa shape index (κ2) is 11.3. The lowest BCUT2D eigenvalue weighted by molar-refractivity contribution is -0.153. The van der Waals surface area contributed by atoms with Gasteiger partial charge < -0.3 is 19.5 Å². The normalized spacial score (nSPS) is 14.7. The van der Waals surface area contributed by atoms with Crippen LogP contribution in [0.4, 0.5) is 4.79 Å². The molecular formula is C24H27N3O7. The Bertz CT molecular complexity index is 1020. The monoisotopic (exact) mass is 469 g/mol. The first-order chi connectivity index (χ1) is 16.3. The first kappa shape index (κ1) is 24.7. The fourth-order valence-electron chi connectivity index (χ4n) is 3.29. The molecule has 3 rings (SSSR count). The summed E-state index contributed by atoms with van der Waals surface area (Å²) in [6.07, 6.45) is 0.641. The Morgan fingerprint density at radius 2 is 1.47 bits per heavy atom. The molecule has 0 saturated carbocycles. The largest absolute Gasteiger partial charge is 0.467 e. The molecule has 180 valence electrons.